The van der Waals surface area contributed by atoms with Crippen molar-refractivity contribution in [3.63, 3.8) is 0 Å². The molecule has 1 aromatic rings. The molecule has 3 rings (SSSR count). The van der Waals surface area contributed by atoms with Crippen LogP contribution in [0.25, 0.3) is 0 Å². The Kier molecular flexibility index (Phi) is 5.87. The summed E-state index contributed by atoms with van der Waals surface area (Å²) in [6, 6.07) is 8.70. The van der Waals surface area contributed by atoms with E-state index in [-0.39, 0.29) is 5.91 Å². The van der Waals surface area contributed by atoms with Crippen molar-refractivity contribution >= 4 is 18.0 Å². The Morgan fingerprint density at radius 2 is 1.69 bits per heavy atom. The second-order valence-corrected chi connectivity index (χ2v) is 8.91. The molecule has 2 aliphatic rings. The van der Waals surface area contributed by atoms with E-state index in [4.69, 9.17) is 4.74 Å². The second kappa shape index (κ2) is 8.05. The van der Waals surface area contributed by atoms with Crippen molar-refractivity contribution in [1.82, 2.24) is 9.80 Å². The fourth-order valence-electron chi connectivity index (χ4n) is 4.27. The van der Waals surface area contributed by atoms with Crippen LogP contribution in [-0.4, -0.2) is 64.2 Å². The summed E-state index contributed by atoms with van der Waals surface area (Å²) in [5.41, 5.74) is -0.816. The summed E-state index contributed by atoms with van der Waals surface area (Å²) in [6.07, 6.45) is 1.62. The van der Waals surface area contributed by atoms with Crippen LogP contribution in [-0.2, 0) is 19.7 Å². The quantitative estimate of drug-likeness (QED) is 0.840. The van der Waals surface area contributed by atoms with Gasteiger partial charge in [-0.25, -0.2) is 4.79 Å². The molecule has 2 aliphatic heterocycles. The molecule has 2 fully saturated rings. The molecule has 29 heavy (non-hydrogen) atoms. The van der Waals surface area contributed by atoms with Gasteiger partial charge in [-0.1, -0.05) is 30.3 Å². The molecular formula is C22H30N2O5. The zero-order chi connectivity index (χ0) is 21.2. The van der Waals surface area contributed by atoms with Crippen LogP contribution in [0.5, 0.6) is 0 Å². The lowest BCUT2D eigenvalue weighted by atomic mass is 9.72. The van der Waals surface area contributed by atoms with Crippen LogP contribution < -0.4 is 0 Å². The number of amides is 2. The predicted molar refractivity (Wildman–Crippen MR) is 108 cm³/mol. The number of carbonyl (C=O) groups is 3. The van der Waals surface area contributed by atoms with Crippen molar-refractivity contribution in [3.8, 4) is 0 Å². The topological polar surface area (TPSA) is 87.2 Å². The molecule has 7 nitrogen and oxygen atoms in total. The van der Waals surface area contributed by atoms with Crippen LogP contribution in [0, 0.1) is 0 Å². The molecule has 2 heterocycles. The number of hydrogen-bond acceptors (Lipinski definition) is 4. The van der Waals surface area contributed by atoms with E-state index < -0.39 is 29.1 Å². The number of carboxylic acids is 1. The molecule has 0 radical (unpaired) electrons. The van der Waals surface area contributed by atoms with Gasteiger partial charge in [0.15, 0.2) is 0 Å². The van der Waals surface area contributed by atoms with Crippen LogP contribution in [0.1, 0.15) is 52.0 Å². The molecule has 7 heteroatoms. The fraction of sp³-hybridized carbons (Fsp3) is 0.591. The first-order chi connectivity index (χ1) is 13.6. The molecule has 2 saturated heterocycles. The van der Waals surface area contributed by atoms with E-state index in [0.717, 1.165) is 12.0 Å². The van der Waals surface area contributed by atoms with E-state index in [1.807, 2.05) is 30.3 Å². The summed E-state index contributed by atoms with van der Waals surface area (Å²) < 4.78 is 5.45. The zero-order valence-corrected chi connectivity index (χ0v) is 17.4. The van der Waals surface area contributed by atoms with E-state index in [9.17, 15) is 19.5 Å². The Hall–Kier alpha value is -2.57. The van der Waals surface area contributed by atoms with Crippen molar-refractivity contribution in [2.24, 2.45) is 0 Å². The van der Waals surface area contributed by atoms with Gasteiger partial charge < -0.3 is 14.7 Å². The molecule has 0 spiro atoms. The third kappa shape index (κ3) is 4.38. The number of aliphatic carboxylic acids is 1. The molecule has 1 N–H and O–H groups in total. The Morgan fingerprint density at radius 3 is 2.24 bits per heavy atom. The van der Waals surface area contributed by atoms with Crippen molar-refractivity contribution < 1.29 is 24.2 Å². The third-order valence-corrected chi connectivity index (χ3v) is 5.83. The summed E-state index contributed by atoms with van der Waals surface area (Å²) in [5, 5.41) is 9.93. The monoisotopic (exact) mass is 402 g/mol. The molecule has 0 aromatic heterocycles. The van der Waals surface area contributed by atoms with Crippen LogP contribution in [0.4, 0.5) is 4.79 Å². The minimum absolute atomic E-state index is 0.111. The van der Waals surface area contributed by atoms with Gasteiger partial charge in [0.25, 0.3) is 0 Å². The maximum Gasteiger partial charge on any atom is 0.410 e. The summed E-state index contributed by atoms with van der Waals surface area (Å²) in [7, 11) is 0. The van der Waals surface area contributed by atoms with Gasteiger partial charge in [-0.15, -0.1) is 0 Å². The number of carboxylic acid groups (broad SMARTS) is 1. The maximum absolute atomic E-state index is 13.1. The zero-order valence-electron chi connectivity index (χ0n) is 17.4. The molecule has 0 unspecified atom stereocenters. The van der Waals surface area contributed by atoms with Gasteiger partial charge in [0, 0.05) is 19.6 Å². The number of benzene rings is 1. The molecule has 1 atom stereocenters. The minimum atomic E-state index is -0.974. The lowest BCUT2D eigenvalue weighted by Crippen LogP contribution is -2.54. The summed E-state index contributed by atoms with van der Waals surface area (Å²) in [5.74, 6) is -0.965. The second-order valence-electron chi connectivity index (χ2n) is 8.91. The first-order valence-corrected chi connectivity index (χ1v) is 10.2. The number of piperidine rings is 1. The van der Waals surface area contributed by atoms with Gasteiger partial charge in [0.2, 0.25) is 5.91 Å². The van der Waals surface area contributed by atoms with Crippen molar-refractivity contribution in [3.05, 3.63) is 35.9 Å². The van der Waals surface area contributed by atoms with Gasteiger partial charge in [0.05, 0.1) is 5.41 Å². The van der Waals surface area contributed by atoms with E-state index in [2.05, 4.69) is 0 Å². The van der Waals surface area contributed by atoms with E-state index >= 15 is 0 Å². The highest BCUT2D eigenvalue weighted by molar-refractivity contribution is 5.87. The fourth-order valence-corrected chi connectivity index (χ4v) is 4.27. The van der Waals surface area contributed by atoms with Crippen LogP contribution >= 0.6 is 0 Å². The molecular weight excluding hydrogens is 372 g/mol. The molecule has 1 aromatic carbocycles. The molecule has 158 valence electrons. The Bertz CT molecular complexity index is 763. The van der Waals surface area contributed by atoms with Crippen LogP contribution in [0.2, 0.25) is 0 Å². The van der Waals surface area contributed by atoms with E-state index in [1.165, 1.54) is 4.90 Å². The van der Waals surface area contributed by atoms with Gasteiger partial charge >= 0.3 is 12.1 Å². The van der Waals surface area contributed by atoms with Crippen molar-refractivity contribution in [1.29, 1.82) is 0 Å². The Balaban J connectivity index is 1.69. The number of rotatable bonds is 3. The normalized spacial score (nSPS) is 21.7. The SMILES string of the molecule is CC(C)(C)OC(=O)N1CCC[C@@H]1C(=O)N1CCC(C(=O)O)(c2ccccc2)CC1. The summed E-state index contributed by atoms with van der Waals surface area (Å²) in [4.78, 5) is 41.0. The number of nitrogens with zero attached hydrogens (tertiary/aromatic N) is 2. The number of ether oxygens (including phenoxy) is 1. The smallest absolute Gasteiger partial charge is 0.410 e. The van der Waals surface area contributed by atoms with Crippen LogP contribution in [0.15, 0.2) is 30.3 Å². The number of likely N-dealkylation sites (tertiary alicyclic amines) is 2. The minimum Gasteiger partial charge on any atom is -0.481 e. The Morgan fingerprint density at radius 1 is 1.07 bits per heavy atom. The largest absolute Gasteiger partial charge is 0.481 e. The maximum atomic E-state index is 13.1. The Labute approximate surface area is 171 Å². The highest BCUT2D eigenvalue weighted by Gasteiger charge is 2.46. The lowest BCUT2D eigenvalue weighted by Gasteiger charge is -2.40. The van der Waals surface area contributed by atoms with Crippen LogP contribution in [0.3, 0.4) is 0 Å². The van der Waals surface area contributed by atoms with Gasteiger partial charge in [-0.3, -0.25) is 14.5 Å². The van der Waals surface area contributed by atoms with E-state index in [0.29, 0.717) is 38.9 Å². The highest BCUT2D eigenvalue weighted by Crippen LogP contribution is 2.36. The summed E-state index contributed by atoms with van der Waals surface area (Å²) in [6.45, 7) is 6.63. The predicted octanol–water partition coefficient (Wildman–Crippen LogP) is 3.03. The van der Waals surface area contributed by atoms with Gasteiger partial charge in [0.1, 0.15) is 11.6 Å². The number of hydrogen-bond donors (Lipinski definition) is 1. The summed E-state index contributed by atoms with van der Waals surface area (Å²) >= 11 is 0. The third-order valence-electron chi connectivity index (χ3n) is 5.83. The first-order valence-electron chi connectivity index (χ1n) is 10.2. The molecule has 0 saturated carbocycles. The van der Waals surface area contributed by atoms with Gasteiger partial charge in [-0.05, 0) is 52.0 Å². The van der Waals surface area contributed by atoms with Gasteiger partial charge in [-0.2, -0.15) is 0 Å². The standard InChI is InChI=1S/C22H30N2O5/c1-21(2,3)29-20(28)24-13-7-10-17(24)18(25)23-14-11-22(12-15-23,19(26)27)16-8-5-4-6-9-16/h4-6,8-9,17H,7,10-15H2,1-3H3,(H,26,27)/t17-/m1/s1. The molecule has 2 amide bonds. The molecule has 0 bridgehead atoms. The van der Waals surface area contributed by atoms with E-state index in [1.54, 1.807) is 25.7 Å². The number of carbonyl (C=O) groups excluding carboxylic acids is 2. The molecule has 0 aliphatic carbocycles. The van der Waals surface area contributed by atoms with Crippen molar-refractivity contribution in [2.45, 2.75) is 63.5 Å². The average Bonchev–Trinajstić information content (AvgIpc) is 3.17. The average molecular weight is 402 g/mol. The highest BCUT2D eigenvalue weighted by atomic mass is 16.6. The lowest BCUT2D eigenvalue weighted by molar-refractivity contribution is -0.149. The first kappa shape index (κ1) is 21.1. The van der Waals surface area contributed by atoms with Crippen molar-refractivity contribution in [2.75, 3.05) is 19.6 Å².